The van der Waals surface area contributed by atoms with Crippen molar-refractivity contribution in [3.63, 3.8) is 0 Å². The van der Waals surface area contributed by atoms with Gasteiger partial charge >= 0.3 is 0 Å². The molecule has 6 heteroatoms. The maximum atomic E-state index is 5.99. The fourth-order valence-corrected chi connectivity index (χ4v) is 4.59. The molecule has 0 atom stereocenters. The Morgan fingerprint density at radius 3 is 2.71 bits per heavy atom. The summed E-state index contributed by atoms with van der Waals surface area (Å²) in [4.78, 5) is 6.91. The van der Waals surface area contributed by atoms with Gasteiger partial charge in [0.2, 0.25) is 0 Å². The standard InChI is InChI=1S/C25H32N4O2/c1-17-23(30-16-19-5-6-19)10-8-21-22(28-31-25(17)21)9-7-18-11-13-29(14-12-18)15-20-3-2-4-24(26)27-20/h2-4,8,10,18-19H,5-7,9,11-16H2,1H3,(H2,26,27). The monoisotopic (exact) mass is 420 g/mol. The van der Waals surface area contributed by atoms with Crippen LogP contribution in [0.3, 0.4) is 0 Å². The molecular formula is C25H32N4O2. The predicted octanol–water partition coefficient (Wildman–Crippen LogP) is 4.75. The number of nitrogens with zero attached hydrogens (tertiary/aromatic N) is 3. The summed E-state index contributed by atoms with van der Waals surface area (Å²) in [6, 6.07) is 10.1. The van der Waals surface area contributed by atoms with Gasteiger partial charge < -0.3 is 15.0 Å². The highest BCUT2D eigenvalue weighted by atomic mass is 16.5. The third-order valence-electron chi connectivity index (χ3n) is 6.80. The van der Waals surface area contributed by atoms with Crippen LogP contribution in [0.1, 0.15) is 49.1 Å². The molecule has 6 nitrogen and oxygen atoms in total. The number of fused-ring (bicyclic) bond motifs is 1. The zero-order chi connectivity index (χ0) is 21.2. The first-order valence-corrected chi connectivity index (χ1v) is 11.6. The zero-order valence-electron chi connectivity index (χ0n) is 18.3. The number of nitrogen functional groups attached to an aromatic ring is 1. The molecule has 2 fully saturated rings. The summed E-state index contributed by atoms with van der Waals surface area (Å²) in [6.45, 7) is 6.00. The van der Waals surface area contributed by atoms with Crippen molar-refractivity contribution in [2.45, 2.75) is 52.0 Å². The number of hydrogen-bond acceptors (Lipinski definition) is 6. The van der Waals surface area contributed by atoms with E-state index < -0.39 is 0 Å². The molecular weight excluding hydrogens is 388 g/mol. The van der Waals surface area contributed by atoms with Crippen LogP contribution in [0, 0.1) is 18.8 Å². The molecule has 0 bridgehead atoms. The number of rotatable bonds is 8. The van der Waals surface area contributed by atoms with Crippen LogP contribution in [0.4, 0.5) is 5.82 Å². The van der Waals surface area contributed by atoms with Gasteiger partial charge in [0.25, 0.3) is 0 Å². The molecule has 3 heterocycles. The van der Waals surface area contributed by atoms with Gasteiger partial charge in [-0.15, -0.1) is 0 Å². The van der Waals surface area contributed by atoms with Crippen molar-refractivity contribution in [2.75, 3.05) is 25.4 Å². The minimum Gasteiger partial charge on any atom is -0.493 e. The fourth-order valence-electron chi connectivity index (χ4n) is 4.59. The summed E-state index contributed by atoms with van der Waals surface area (Å²) in [5.41, 5.74) is 9.90. The van der Waals surface area contributed by atoms with Crippen molar-refractivity contribution in [1.29, 1.82) is 0 Å². The predicted molar refractivity (Wildman–Crippen MR) is 122 cm³/mol. The third kappa shape index (κ3) is 4.85. The van der Waals surface area contributed by atoms with Crippen LogP contribution >= 0.6 is 0 Å². The SMILES string of the molecule is Cc1c(OCC2CC2)ccc2c(CCC3CCN(Cc4cccc(N)n4)CC3)noc12. The largest absolute Gasteiger partial charge is 0.493 e. The van der Waals surface area contributed by atoms with Crippen molar-refractivity contribution in [3.05, 3.63) is 47.3 Å². The molecule has 2 aliphatic rings. The number of aromatic nitrogens is 2. The molecule has 0 radical (unpaired) electrons. The lowest BCUT2D eigenvalue weighted by Gasteiger charge is -2.31. The molecule has 0 amide bonds. The first kappa shape index (κ1) is 20.3. The van der Waals surface area contributed by atoms with Crippen LogP contribution < -0.4 is 10.5 Å². The summed E-state index contributed by atoms with van der Waals surface area (Å²) in [6.07, 6.45) is 7.16. The van der Waals surface area contributed by atoms with Crippen LogP contribution in [-0.4, -0.2) is 34.7 Å². The molecule has 1 aliphatic carbocycles. The van der Waals surface area contributed by atoms with E-state index in [1.165, 1.54) is 25.7 Å². The van der Waals surface area contributed by atoms with E-state index in [1.807, 2.05) is 12.1 Å². The Labute approximate surface area is 183 Å². The van der Waals surface area contributed by atoms with Gasteiger partial charge in [-0.05, 0) is 94.6 Å². The molecule has 1 saturated carbocycles. The average Bonchev–Trinajstić information content (AvgIpc) is 3.51. The molecule has 5 rings (SSSR count). The Morgan fingerprint density at radius 1 is 1.10 bits per heavy atom. The third-order valence-corrected chi connectivity index (χ3v) is 6.80. The number of pyridine rings is 1. The fraction of sp³-hybridized carbons (Fsp3) is 0.520. The zero-order valence-corrected chi connectivity index (χ0v) is 18.3. The molecule has 2 N–H and O–H groups in total. The number of nitrogens with two attached hydrogens (primary N) is 1. The van der Waals surface area contributed by atoms with Gasteiger partial charge in [-0.25, -0.2) is 4.98 Å². The second kappa shape index (κ2) is 8.87. The second-order valence-corrected chi connectivity index (χ2v) is 9.26. The first-order valence-electron chi connectivity index (χ1n) is 11.6. The number of hydrogen-bond donors (Lipinski definition) is 1. The van der Waals surface area contributed by atoms with Gasteiger partial charge in [0.1, 0.15) is 11.6 Å². The highest BCUT2D eigenvalue weighted by molar-refractivity contribution is 5.84. The molecule has 0 spiro atoms. The summed E-state index contributed by atoms with van der Waals surface area (Å²) >= 11 is 0. The summed E-state index contributed by atoms with van der Waals surface area (Å²) in [7, 11) is 0. The van der Waals surface area contributed by atoms with Crippen LogP contribution in [0.5, 0.6) is 5.75 Å². The van der Waals surface area contributed by atoms with Gasteiger partial charge in [0, 0.05) is 17.5 Å². The van der Waals surface area contributed by atoms with E-state index in [2.05, 4.69) is 40.2 Å². The molecule has 31 heavy (non-hydrogen) atoms. The summed E-state index contributed by atoms with van der Waals surface area (Å²) in [5, 5.41) is 5.55. The maximum Gasteiger partial charge on any atom is 0.173 e. The molecule has 1 saturated heterocycles. The Bertz CT molecular complexity index is 1040. The highest BCUT2D eigenvalue weighted by Gasteiger charge is 2.23. The maximum absolute atomic E-state index is 5.99. The minimum atomic E-state index is 0.601. The van der Waals surface area contributed by atoms with Crippen LogP contribution in [0.15, 0.2) is 34.9 Å². The van der Waals surface area contributed by atoms with E-state index in [0.717, 1.165) is 84.6 Å². The van der Waals surface area contributed by atoms with Crippen LogP contribution in [0.25, 0.3) is 11.0 Å². The number of anilines is 1. The number of piperidine rings is 1. The van der Waals surface area contributed by atoms with Crippen molar-refractivity contribution in [1.82, 2.24) is 15.0 Å². The Morgan fingerprint density at radius 2 is 1.94 bits per heavy atom. The van der Waals surface area contributed by atoms with Gasteiger partial charge in [-0.2, -0.15) is 0 Å². The van der Waals surface area contributed by atoms with Crippen molar-refractivity contribution in [3.8, 4) is 5.75 Å². The molecule has 164 valence electrons. The smallest absolute Gasteiger partial charge is 0.173 e. The van der Waals surface area contributed by atoms with Crippen molar-refractivity contribution >= 4 is 16.8 Å². The van der Waals surface area contributed by atoms with Crippen molar-refractivity contribution in [2.24, 2.45) is 11.8 Å². The van der Waals surface area contributed by atoms with E-state index in [0.29, 0.717) is 5.82 Å². The van der Waals surface area contributed by atoms with Gasteiger partial charge in [0.05, 0.1) is 18.0 Å². The molecule has 0 unspecified atom stereocenters. The second-order valence-electron chi connectivity index (χ2n) is 9.26. The van der Waals surface area contributed by atoms with Crippen LogP contribution in [0.2, 0.25) is 0 Å². The molecule has 1 aliphatic heterocycles. The van der Waals surface area contributed by atoms with E-state index in [9.17, 15) is 0 Å². The van der Waals surface area contributed by atoms with Gasteiger partial charge in [-0.1, -0.05) is 11.2 Å². The highest BCUT2D eigenvalue weighted by Crippen LogP contribution is 2.34. The summed E-state index contributed by atoms with van der Waals surface area (Å²) in [5.74, 6) is 3.01. The summed E-state index contributed by atoms with van der Waals surface area (Å²) < 4.78 is 11.7. The molecule has 2 aromatic heterocycles. The van der Waals surface area contributed by atoms with Gasteiger partial charge in [-0.3, -0.25) is 4.90 Å². The lowest BCUT2D eigenvalue weighted by molar-refractivity contribution is 0.170. The normalized spacial score (nSPS) is 18.0. The first-order chi connectivity index (χ1) is 15.2. The number of ether oxygens (including phenoxy) is 1. The van der Waals surface area contributed by atoms with E-state index >= 15 is 0 Å². The topological polar surface area (TPSA) is 77.4 Å². The van der Waals surface area contributed by atoms with Crippen molar-refractivity contribution < 1.29 is 9.26 Å². The Hall–Kier alpha value is -2.60. The number of likely N-dealkylation sites (tertiary alicyclic amines) is 1. The van der Waals surface area contributed by atoms with E-state index in [-0.39, 0.29) is 0 Å². The number of benzene rings is 1. The van der Waals surface area contributed by atoms with E-state index in [4.69, 9.17) is 15.0 Å². The Kier molecular flexibility index (Phi) is 5.81. The molecule has 1 aromatic carbocycles. The van der Waals surface area contributed by atoms with E-state index in [1.54, 1.807) is 0 Å². The molecule has 3 aromatic rings. The minimum absolute atomic E-state index is 0.601. The Balaban J connectivity index is 1.14. The number of aryl methyl sites for hydroxylation is 2. The lowest BCUT2D eigenvalue weighted by Crippen LogP contribution is -2.33. The van der Waals surface area contributed by atoms with Crippen LogP contribution in [-0.2, 0) is 13.0 Å². The lowest BCUT2D eigenvalue weighted by atomic mass is 9.91. The average molecular weight is 421 g/mol. The van der Waals surface area contributed by atoms with Gasteiger partial charge in [0.15, 0.2) is 5.58 Å². The quantitative estimate of drug-likeness (QED) is 0.567.